The molecule has 20 heteroatoms. The molecule has 334 valence electrons. The Hall–Kier alpha value is -4.70. The second kappa shape index (κ2) is 23.3. The second-order valence-corrected chi connectivity index (χ2v) is 16.4. The van der Waals surface area contributed by atoms with Crippen molar-refractivity contribution < 1.29 is 29.6 Å². The van der Waals surface area contributed by atoms with Crippen molar-refractivity contribution in [2.24, 2.45) is 0 Å². The molecule has 0 aliphatic carbocycles. The molecule has 3 aromatic heterocycles. The minimum absolute atomic E-state index is 0.142. The van der Waals surface area contributed by atoms with Crippen molar-refractivity contribution in [3.05, 3.63) is 81.0 Å². The number of likely N-dealkylation sites (N-methyl/N-ethyl adjacent to an activating group) is 3. The van der Waals surface area contributed by atoms with Crippen LogP contribution in [0, 0.1) is 26.0 Å². The molecule has 6 rings (SSSR count). The maximum atomic E-state index is 12.1. The van der Waals surface area contributed by atoms with E-state index in [4.69, 9.17) is 5.73 Å². The third kappa shape index (κ3) is 17.1. The number of halogens is 1. The molecule has 0 saturated carbocycles. The largest absolute Gasteiger partial charge is 0.388 e. The number of nitrogens with two attached hydrogens (primary N) is 1. The molecule has 0 unspecified atom stereocenters. The second-order valence-electron chi connectivity index (χ2n) is 16.4. The zero-order chi connectivity index (χ0) is 44.5. The Morgan fingerprint density at radius 1 is 0.683 bits per heavy atom. The molecule has 0 bridgehead atoms. The molecular formula is C40H65FN12O7. The molecule has 3 saturated heterocycles. The van der Waals surface area contributed by atoms with Crippen molar-refractivity contribution in [3.63, 3.8) is 0 Å². The van der Waals surface area contributed by atoms with Gasteiger partial charge in [-0.3, -0.25) is 0 Å². The lowest BCUT2D eigenvalue weighted by Crippen LogP contribution is -2.50. The Bertz CT molecular complexity index is 1720. The molecule has 0 radical (unpaired) electrons. The monoisotopic (exact) mass is 845 g/mol. The smallest absolute Gasteiger partial charge is 0.363 e. The lowest BCUT2D eigenvalue weighted by Gasteiger charge is -2.40. The van der Waals surface area contributed by atoms with Gasteiger partial charge in [0.25, 0.3) is 0 Å². The molecule has 60 heavy (non-hydrogen) atoms. The molecule has 6 N–H and O–H groups in total. The minimum Gasteiger partial charge on any atom is -0.388 e. The number of aliphatic hydroxyl groups is 3. The summed E-state index contributed by atoms with van der Waals surface area (Å²) in [5, 5.41) is 54.8. The molecule has 0 atom stereocenters. The molecule has 3 fully saturated rings. The fourth-order valence-electron chi connectivity index (χ4n) is 7.25. The van der Waals surface area contributed by atoms with Gasteiger partial charge in [0.2, 0.25) is 0 Å². The van der Waals surface area contributed by atoms with Crippen molar-refractivity contribution in [1.29, 1.82) is 0 Å². The van der Waals surface area contributed by atoms with E-state index < -0.39 is 32.5 Å². The maximum Gasteiger partial charge on any atom is 0.363 e. The van der Waals surface area contributed by atoms with Gasteiger partial charge in [0, 0.05) is 57.9 Å². The molecule has 6 heterocycles. The number of rotatable bonds is 11. The van der Waals surface area contributed by atoms with Gasteiger partial charge in [0.1, 0.15) is 5.82 Å². The summed E-state index contributed by atoms with van der Waals surface area (Å²) in [4.78, 5) is 41.1. The Morgan fingerprint density at radius 2 is 1.10 bits per heavy atom. The highest BCUT2D eigenvalue weighted by Crippen LogP contribution is 2.28. The number of nitrogens with zero attached hydrogens (tertiary/aromatic N) is 10. The Morgan fingerprint density at radius 3 is 1.47 bits per heavy atom. The zero-order valence-electron chi connectivity index (χ0n) is 35.9. The predicted octanol–water partition coefficient (Wildman–Crippen LogP) is 2.62. The lowest BCUT2D eigenvalue weighted by molar-refractivity contribution is -0.389. The zero-order valence-corrected chi connectivity index (χ0v) is 35.9. The van der Waals surface area contributed by atoms with E-state index >= 15 is 0 Å². The molecule has 3 aliphatic rings. The molecule has 0 amide bonds. The van der Waals surface area contributed by atoms with Crippen LogP contribution in [-0.2, 0) is 0 Å². The Balaban J connectivity index is 0.000000223. The Kier molecular flexibility index (Phi) is 19.3. The summed E-state index contributed by atoms with van der Waals surface area (Å²) in [5.41, 5.74) is 5.89. The number of nitrogens with one attached hydrogen (secondary N) is 1. The molecular weight excluding hydrogens is 780 g/mol. The van der Waals surface area contributed by atoms with E-state index in [2.05, 4.69) is 41.9 Å². The number of anilines is 3. The highest BCUT2D eigenvalue weighted by atomic mass is 19.1. The quantitative estimate of drug-likeness (QED) is 0.138. The van der Waals surface area contributed by atoms with Gasteiger partial charge in [-0.1, -0.05) is 6.92 Å². The molecule has 3 aliphatic heterocycles. The summed E-state index contributed by atoms with van der Waals surface area (Å²) >= 11 is 0. The third-order valence-corrected chi connectivity index (χ3v) is 10.6. The van der Waals surface area contributed by atoms with E-state index in [1.165, 1.54) is 12.3 Å². The first kappa shape index (κ1) is 49.7. The van der Waals surface area contributed by atoms with E-state index in [9.17, 15) is 39.9 Å². The number of piperidine rings is 3. The number of nitro groups is 2. The highest BCUT2D eigenvalue weighted by Gasteiger charge is 2.34. The molecule has 19 nitrogen and oxygen atoms in total. The number of nitrogen functional groups attached to an aromatic ring is 1. The molecule has 0 spiro atoms. The average molecular weight is 845 g/mol. The van der Waals surface area contributed by atoms with Gasteiger partial charge >= 0.3 is 11.6 Å². The number of hydrogen-bond donors (Lipinski definition) is 5. The van der Waals surface area contributed by atoms with Crippen molar-refractivity contribution in [3.8, 4) is 0 Å². The fraction of sp³-hybridized carbons (Fsp3) is 0.625. The topological polar surface area (TPSA) is 240 Å². The van der Waals surface area contributed by atoms with Crippen molar-refractivity contribution >= 4 is 28.8 Å². The third-order valence-electron chi connectivity index (χ3n) is 10.6. The van der Waals surface area contributed by atoms with Crippen LogP contribution in [0.2, 0.25) is 0 Å². The SMILES string of the molecule is CCN(C)CC1(O)CCN(c2ccc([N+](=O)[O-])nc2)CC1.CN(C)CC1(O)CCN(c2ccc(N)nc2)CC1.CN(C)CC1(O)CCNCC1.O=[N+]([O-])c1ccc(F)cn1. The first-order valence-electron chi connectivity index (χ1n) is 20.2. The predicted molar refractivity (Wildman–Crippen MR) is 231 cm³/mol. The van der Waals surface area contributed by atoms with Crippen molar-refractivity contribution in [1.82, 2.24) is 35.0 Å². The lowest BCUT2D eigenvalue weighted by atomic mass is 9.90. The molecule has 0 aromatic carbocycles. The number of aromatic nitrogens is 3. The van der Waals surface area contributed by atoms with E-state index in [1.54, 1.807) is 12.3 Å². The summed E-state index contributed by atoms with van der Waals surface area (Å²) < 4.78 is 12.1. The number of pyridine rings is 3. The van der Waals surface area contributed by atoms with Crippen LogP contribution >= 0.6 is 0 Å². The van der Waals surface area contributed by atoms with Crippen LogP contribution in [0.3, 0.4) is 0 Å². The summed E-state index contributed by atoms with van der Waals surface area (Å²) in [6, 6.07) is 8.93. The Labute approximate surface area is 352 Å². The van der Waals surface area contributed by atoms with Gasteiger partial charge in [-0.15, -0.1) is 0 Å². The van der Waals surface area contributed by atoms with Crippen LogP contribution < -0.4 is 20.9 Å². The fourth-order valence-corrected chi connectivity index (χ4v) is 7.25. The van der Waals surface area contributed by atoms with Crippen molar-refractivity contribution in [2.75, 3.05) is 116 Å². The van der Waals surface area contributed by atoms with E-state index in [1.807, 2.05) is 57.2 Å². The summed E-state index contributed by atoms with van der Waals surface area (Å²) in [6.45, 7) is 10.2. The van der Waals surface area contributed by atoms with Crippen LogP contribution in [0.4, 0.5) is 33.2 Å². The van der Waals surface area contributed by atoms with E-state index in [0.717, 1.165) is 114 Å². The van der Waals surface area contributed by atoms with E-state index in [-0.39, 0.29) is 11.6 Å². The van der Waals surface area contributed by atoms with Gasteiger partial charge in [0.05, 0.1) is 34.4 Å². The van der Waals surface area contributed by atoms with Gasteiger partial charge in [0.15, 0.2) is 18.2 Å². The van der Waals surface area contributed by atoms with E-state index in [0.29, 0.717) is 25.2 Å². The standard InChI is InChI=1S/C14H22N4O3.C13H22N4O.C8H18N2O.C5H3FN2O2/c1-3-16(2)11-14(19)6-8-17(9-7-14)12-4-5-13(15-10-12)18(20)21;1-16(2)10-13(18)5-7-17(8-6-13)11-3-4-12(14)15-9-11;1-10(2)7-8(11)3-5-9-6-4-8;6-4-1-2-5(7-3-4)8(9)10/h4-5,10,19H,3,6-9,11H2,1-2H3;3-4,9,18H,5-8,10H2,1-2H3,(H2,14,15);9,11H,3-7H2,1-2H3;1-3H. The molecule has 3 aromatic rings. The highest BCUT2D eigenvalue weighted by molar-refractivity contribution is 5.49. The van der Waals surface area contributed by atoms with Crippen LogP contribution in [0.25, 0.3) is 0 Å². The van der Waals surface area contributed by atoms with Crippen LogP contribution in [-0.4, -0.2) is 172 Å². The summed E-state index contributed by atoms with van der Waals surface area (Å²) in [6.07, 6.45) is 8.84. The van der Waals surface area contributed by atoms with Crippen LogP contribution in [0.5, 0.6) is 0 Å². The van der Waals surface area contributed by atoms with Crippen LogP contribution in [0.1, 0.15) is 45.4 Å². The first-order valence-corrected chi connectivity index (χ1v) is 20.2. The van der Waals surface area contributed by atoms with Gasteiger partial charge in [-0.05, 0) is 137 Å². The number of hydrogen-bond acceptors (Lipinski definition) is 17. The van der Waals surface area contributed by atoms with Gasteiger partial charge in [-0.2, -0.15) is 0 Å². The first-order chi connectivity index (χ1) is 28.2. The maximum absolute atomic E-state index is 12.1. The summed E-state index contributed by atoms with van der Waals surface area (Å²) in [7, 11) is 9.99. The van der Waals surface area contributed by atoms with Gasteiger partial charge < -0.3 is 71.1 Å². The normalized spacial score (nSPS) is 18.0. The van der Waals surface area contributed by atoms with Gasteiger partial charge in [-0.25, -0.2) is 9.37 Å². The van der Waals surface area contributed by atoms with Crippen molar-refractivity contribution in [2.45, 2.75) is 62.3 Å². The summed E-state index contributed by atoms with van der Waals surface area (Å²) in [5.74, 6) is -0.524. The van der Waals surface area contributed by atoms with Crippen LogP contribution in [0.15, 0.2) is 55.0 Å². The average Bonchev–Trinajstić information content (AvgIpc) is 3.19. The minimum atomic E-state index is -0.681.